The van der Waals surface area contributed by atoms with Gasteiger partial charge in [-0.1, -0.05) is 0 Å². The second-order valence-corrected chi connectivity index (χ2v) is 5.22. The van der Waals surface area contributed by atoms with Gasteiger partial charge in [-0.3, -0.25) is 0 Å². The molecule has 2 rings (SSSR count). The molecule has 1 aromatic rings. The Morgan fingerprint density at radius 1 is 1.65 bits per heavy atom. The molecular weight excluding hydrogens is 234 g/mol. The van der Waals surface area contributed by atoms with Crippen LogP contribution in [0.2, 0.25) is 0 Å². The Hall–Kier alpha value is -0.420. The predicted molar refractivity (Wildman–Crippen MR) is 70.5 cm³/mol. The molecule has 0 spiro atoms. The number of hydrogen-bond acceptors (Lipinski definition) is 4. The Morgan fingerprint density at radius 2 is 2.59 bits per heavy atom. The van der Waals surface area contributed by atoms with Crippen molar-refractivity contribution in [1.29, 1.82) is 0 Å². The summed E-state index contributed by atoms with van der Waals surface area (Å²) < 4.78 is 11.1. The third kappa shape index (κ3) is 4.39. The van der Waals surface area contributed by atoms with Crippen LogP contribution in [0.25, 0.3) is 0 Å². The van der Waals surface area contributed by atoms with Gasteiger partial charge in [0.25, 0.3) is 0 Å². The van der Waals surface area contributed by atoms with Gasteiger partial charge in [0.1, 0.15) is 0 Å². The minimum absolute atomic E-state index is 0.337. The minimum Gasteiger partial charge on any atom is -0.377 e. The number of hydrogen-bond donors (Lipinski definition) is 1. The Kier molecular flexibility index (Phi) is 5.45. The fourth-order valence-electron chi connectivity index (χ4n) is 1.98. The van der Waals surface area contributed by atoms with Gasteiger partial charge >= 0.3 is 0 Å². The first-order valence-corrected chi connectivity index (χ1v) is 7.25. The SMILES string of the molecule is C[C@H](NCCOC[C@@H]1CCCO1)c1ccsc1. The van der Waals surface area contributed by atoms with Gasteiger partial charge in [-0.25, -0.2) is 0 Å². The molecule has 96 valence electrons. The molecule has 2 atom stereocenters. The first-order chi connectivity index (χ1) is 8.36. The van der Waals surface area contributed by atoms with Gasteiger partial charge in [0.2, 0.25) is 0 Å². The average Bonchev–Trinajstić information content (AvgIpc) is 3.01. The first-order valence-electron chi connectivity index (χ1n) is 6.31. The summed E-state index contributed by atoms with van der Waals surface area (Å²) in [7, 11) is 0. The largest absolute Gasteiger partial charge is 0.377 e. The monoisotopic (exact) mass is 255 g/mol. The second-order valence-electron chi connectivity index (χ2n) is 4.44. The molecule has 2 heterocycles. The minimum atomic E-state index is 0.337. The number of ether oxygens (including phenoxy) is 2. The Morgan fingerprint density at radius 3 is 3.29 bits per heavy atom. The highest BCUT2D eigenvalue weighted by Crippen LogP contribution is 2.15. The van der Waals surface area contributed by atoms with Crippen molar-refractivity contribution in [2.24, 2.45) is 0 Å². The quantitative estimate of drug-likeness (QED) is 0.760. The van der Waals surface area contributed by atoms with Crippen LogP contribution in [-0.4, -0.2) is 32.5 Å². The lowest BCUT2D eigenvalue weighted by atomic mass is 10.2. The lowest BCUT2D eigenvalue weighted by Crippen LogP contribution is -2.24. The van der Waals surface area contributed by atoms with Crippen molar-refractivity contribution in [3.05, 3.63) is 22.4 Å². The van der Waals surface area contributed by atoms with E-state index in [1.54, 1.807) is 11.3 Å². The van der Waals surface area contributed by atoms with E-state index in [2.05, 4.69) is 29.1 Å². The smallest absolute Gasteiger partial charge is 0.0809 e. The van der Waals surface area contributed by atoms with Gasteiger partial charge in [0, 0.05) is 19.2 Å². The van der Waals surface area contributed by atoms with E-state index in [1.807, 2.05) is 0 Å². The molecular formula is C13H21NO2S. The molecule has 0 aromatic carbocycles. The Labute approximate surface area is 107 Å². The molecule has 1 fully saturated rings. The molecule has 4 heteroatoms. The zero-order valence-corrected chi connectivity index (χ0v) is 11.2. The average molecular weight is 255 g/mol. The van der Waals surface area contributed by atoms with Crippen LogP contribution in [0.5, 0.6) is 0 Å². The maximum absolute atomic E-state index is 5.60. The predicted octanol–water partition coefficient (Wildman–Crippen LogP) is 2.59. The van der Waals surface area contributed by atoms with Crippen LogP contribution in [0.15, 0.2) is 16.8 Å². The van der Waals surface area contributed by atoms with Gasteiger partial charge in [0.15, 0.2) is 0 Å². The van der Waals surface area contributed by atoms with Gasteiger partial charge in [-0.2, -0.15) is 11.3 Å². The highest BCUT2D eigenvalue weighted by molar-refractivity contribution is 7.07. The van der Waals surface area contributed by atoms with Crippen LogP contribution in [0.4, 0.5) is 0 Å². The lowest BCUT2D eigenvalue weighted by Gasteiger charge is -2.14. The number of thiophene rings is 1. The van der Waals surface area contributed by atoms with Gasteiger partial charge < -0.3 is 14.8 Å². The standard InChI is InChI=1S/C13H21NO2S/c1-11(12-4-8-17-10-12)14-5-7-15-9-13-3-2-6-16-13/h4,8,10-11,13-14H,2-3,5-7,9H2,1H3/t11-,13-/m0/s1. The van der Waals surface area contributed by atoms with Crippen LogP contribution >= 0.6 is 11.3 Å². The van der Waals surface area contributed by atoms with Crippen molar-refractivity contribution in [1.82, 2.24) is 5.32 Å². The van der Waals surface area contributed by atoms with Crippen molar-refractivity contribution in [3.63, 3.8) is 0 Å². The van der Waals surface area contributed by atoms with Crippen LogP contribution in [0, 0.1) is 0 Å². The molecule has 0 radical (unpaired) electrons. The summed E-state index contributed by atoms with van der Waals surface area (Å²) in [5.74, 6) is 0. The van der Waals surface area contributed by atoms with Gasteiger partial charge in [-0.15, -0.1) is 0 Å². The lowest BCUT2D eigenvalue weighted by molar-refractivity contribution is 0.0179. The zero-order valence-electron chi connectivity index (χ0n) is 10.4. The van der Waals surface area contributed by atoms with E-state index in [4.69, 9.17) is 9.47 Å². The highest BCUT2D eigenvalue weighted by Gasteiger charge is 2.15. The van der Waals surface area contributed by atoms with Gasteiger partial charge in [-0.05, 0) is 42.2 Å². The summed E-state index contributed by atoms with van der Waals surface area (Å²) >= 11 is 1.74. The van der Waals surface area contributed by atoms with E-state index in [0.29, 0.717) is 12.1 Å². The fourth-order valence-corrected chi connectivity index (χ4v) is 2.73. The van der Waals surface area contributed by atoms with Crippen molar-refractivity contribution < 1.29 is 9.47 Å². The molecule has 1 saturated heterocycles. The van der Waals surface area contributed by atoms with Crippen molar-refractivity contribution in [2.75, 3.05) is 26.4 Å². The normalized spacial score (nSPS) is 21.8. The van der Waals surface area contributed by atoms with Crippen molar-refractivity contribution in [3.8, 4) is 0 Å². The topological polar surface area (TPSA) is 30.5 Å². The molecule has 1 aliphatic rings. The Bertz CT molecular complexity index is 296. The summed E-state index contributed by atoms with van der Waals surface area (Å²) in [6.07, 6.45) is 2.67. The molecule has 0 unspecified atom stereocenters. The molecule has 1 aliphatic heterocycles. The van der Waals surface area contributed by atoms with E-state index in [1.165, 1.54) is 12.0 Å². The third-order valence-corrected chi connectivity index (χ3v) is 3.77. The number of nitrogens with one attached hydrogen (secondary N) is 1. The Balaban J connectivity index is 1.51. The summed E-state index contributed by atoms with van der Waals surface area (Å²) in [5, 5.41) is 7.75. The maximum atomic E-state index is 5.60. The number of rotatable bonds is 7. The van der Waals surface area contributed by atoms with Crippen LogP contribution in [-0.2, 0) is 9.47 Å². The fraction of sp³-hybridized carbons (Fsp3) is 0.692. The summed E-state index contributed by atoms with van der Waals surface area (Å²) in [4.78, 5) is 0. The highest BCUT2D eigenvalue weighted by atomic mass is 32.1. The summed E-state index contributed by atoms with van der Waals surface area (Å²) in [6, 6.07) is 2.57. The van der Waals surface area contributed by atoms with E-state index in [9.17, 15) is 0 Å². The third-order valence-electron chi connectivity index (χ3n) is 3.07. The van der Waals surface area contributed by atoms with E-state index < -0.39 is 0 Å². The van der Waals surface area contributed by atoms with Crippen molar-refractivity contribution in [2.45, 2.75) is 31.9 Å². The molecule has 0 saturated carbocycles. The zero-order chi connectivity index (χ0) is 11.9. The van der Waals surface area contributed by atoms with E-state index >= 15 is 0 Å². The molecule has 3 nitrogen and oxygen atoms in total. The van der Waals surface area contributed by atoms with Gasteiger partial charge in [0.05, 0.1) is 19.3 Å². The van der Waals surface area contributed by atoms with E-state index in [0.717, 1.165) is 32.8 Å². The molecule has 1 N–H and O–H groups in total. The van der Waals surface area contributed by atoms with Crippen molar-refractivity contribution >= 4 is 11.3 Å². The molecule has 17 heavy (non-hydrogen) atoms. The molecule has 0 aliphatic carbocycles. The van der Waals surface area contributed by atoms with Crippen LogP contribution in [0.3, 0.4) is 0 Å². The summed E-state index contributed by atoms with van der Waals surface area (Å²) in [5.41, 5.74) is 1.36. The second kappa shape index (κ2) is 7.11. The van der Waals surface area contributed by atoms with E-state index in [-0.39, 0.29) is 0 Å². The summed E-state index contributed by atoms with van der Waals surface area (Å²) in [6.45, 7) is 5.48. The molecule has 0 amide bonds. The van der Waals surface area contributed by atoms with Crippen LogP contribution < -0.4 is 5.32 Å². The first kappa shape index (κ1) is 13.0. The molecule has 1 aromatic heterocycles. The molecule has 0 bridgehead atoms. The van der Waals surface area contributed by atoms with Crippen LogP contribution in [0.1, 0.15) is 31.4 Å². The maximum Gasteiger partial charge on any atom is 0.0809 e.